The summed E-state index contributed by atoms with van der Waals surface area (Å²) in [5.41, 5.74) is 0. The number of rotatable bonds is 15. The molecule has 0 fully saturated rings. The number of aromatic nitrogens is 3. The predicted octanol–water partition coefficient (Wildman–Crippen LogP) is 5.33. The zero-order chi connectivity index (χ0) is 18.3. The van der Waals surface area contributed by atoms with Crippen LogP contribution in [0.4, 0.5) is 5.95 Å². The third-order valence-corrected chi connectivity index (χ3v) is 4.85. The number of anilines is 1. The van der Waals surface area contributed by atoms with Crippen LogP contribution in [0.15, 0.2) is 10.3 Å². The van der Waals surface area contributed by atoms with Gasteiger partial charge in [0.05, 0.1) is 0 Å². The second-order valence-electron chi connectivity index (χ2n) is 6.76. The van der Waals surface area contributed by atoms with Gasteiger partial charge in [0.2, 0.25) is 5.95 Å². The second-order valence-corrected chi connectivity index (χ2v) is 7.56. The molecule has 0 amide bonds. The summed E-state index contributed by atoms with van der Waals surface area (Å²) in [7, 11) is 0. The van der Waals surface area contributed by atoms with Crippen molar-refractivity contribution in [2.45, 2.75) is 101 Å². The quantitative estimate of drug-likeness (QED) is 0.234. The van der Waals surface area contributed by atoms with Gasteiger partial charge in [0.1, 0.15) is 0 Å². The fraction of sp³-hybridized carbons (Fsp3) is 0.842. The van der Waals surface area contributed by atoms with Crippen LogP contribution in [0.1, 0.15) is 90.9 Å². The first-order valence-electron chi connectivity index (χ1n) is 10.1. The van der Waals surface area contributed by atoms with Gasteiger partial charge in [-0.1, -0.05) is 78.1 Å². The van der Waals surface area contributed by atoms with Crippen molar-refractivity contribution in [2.24, 2.45) is 0 Å². The summed E-state index contributed by atoms with van der Waals surface area (Å²) in [6.45, 7) is 6.53. The van der Waals surface area contributed by atoms with Crippen LogP contribution in [0.25, 0.3) is 0 Å². The molecular weight excluding hydrogens is 371 g/mol. The Labute approximate surface area is 193 Å². The van der Waals surface area contributed by atoms with Gasteiger partial charge in [-0.2, -0.15) is 15.0 Å². The van der Waals surface area contributed by atoms with E-state index in [1.54, 1.807) is 0 Å². The monoisotopic (exact) mass is 408 g/mol. The molecule has 26 heavy (non-hydrogen) atoms. The van der Waals surface area contributed by atoms with Gasteiger partial charge >= 0.3 is 29.6 Å². The van der Waals surface area contributed by atoms with Crippen LogP contribution in [0.5, 0.6) is 0 Å². The Hall–Kier alpha value is 0.510. The number of unbranched alkanes of at least 4 members (excludes halogenated alkanes) is 10. The first-order chi connectivity index (χ1) is 12.2. The molecule has 1 rings (SSSR count). The van der Waals surface area contributed by atoms with Crippen molar-refractivity contribution in [3.05, 3.63) is 0 Å². The zero-order valence-electron chi connectivity index (χ0n) is 16.1. The maximum atomic E-state index is 4.41. The third-order valence-electron chi connectivity index (χ3n) is 4.45. The minimum absolute atomic E-state index is 0. The molecule has 0 spiro atoms. The molecule has 0 aliphatic heterocycles. The molecule has 0 N–H and O–H groups in total. The first-order valence-corrected chi connectivity index (χ1v) is 11.0. The summed E-state index contributed by atoms with van der Waals surface area (Å²) in [5.74, 6) is 0.729. The van der Waals surface area contributed by atoms with E-state index >= 15 is 0 Å². The van der Waals surface area contributed by atoms with Crippen LogP contribution < -0.4 is 4.90 Å². The molecule has 146 valence electrons. The minimum atomic E-state index is 0. The van der Waals surface area contributed by atoms with Gasteiger partial charge in [-0.25, -0.2) is 0 Å². The van der Waals surface area contributed by atoms with E-state index in [2.05, 4.69) is 59.0 Å². The van der Waals surface area contributed by atoms with Gasteiger partial charge in [-0.15, -0.1) is 25.3 Å². The van der Waals surface area contributed by atoms with Gasteiger partial charge in [0.25, 0.3) is 0 Å². The number of hydrogen-bond acceptors (Lipinski definition) is 6. The molecule has 0 aliphatic carbocycles. The van der Waals surface area contributed by atoms with E-state index in [1.165, 1.54) is 77.0 Å². The van der Waals surface area contributed by atoms with E-state index in [4.69, 9.17) is 0 Å². The molecular formula is C19H37N4NaS2. The van der Waals surface area contributed by atoms with E-state index < -0.39 is 0 Å². The number of hydrogen-bond donors (Lipinski definition) is 2. The molecule has 0 atom stereocenters. The summed E-state index contributed by atoms with van der Waals surface area (Å²) in [4.78, 5) is 15.2. The van der Waals surface area contributed by atoms with E-state index in [1.807, 2.05) is 0 Å². The molecule has 7 heteroatoms. The van der Waals surface area contributed by atoms with Gasteiger partial charge in [0.15, 0.2) is 10.3 Å². The van der Waals surface area contributed by atoms with Crippen LogP contribution in [0, 0.1) is 0 Å². The summed E-state index contributed by atoms with van der Waals surface area (Å²) in [6.07, 6.45) is 15.6. The van der Waals surface area contributed by atoms with Gasteiger partial charge in [-0.05, 0) is 12.8 Å². The van der Waals surface area contributed by atoms with E-state index in [-0.39, 0.29) is 29.6 Å². The summed E-state index contributed by atoms with van der Waals surface area (Å²) >= 11 is 8.55. The average Bonchev–Trinajstić information content (AvgIpc) is 2.58. The molecule has 1 aromatic heterocycles. The SMILES string of the molecule is CCCCCCCCN(CCCCCCCC)c1nc(S)nc(S)n1.[NaH]. The van der Waals surface area contributed by atoms with Crippen molar-refractivity contribution >= 4 is 60.8 Å². The first kappa shape index (κ1) is 26.5. The fourth-order valence-corrected chi connectivity index (χ4v) is 3.41. The second kappa shape index (κ2) is 17.6. The number of nitrogens with zero attached hydrogens (tertiary/aromatic N) is 4. The normalized spacial score (nSPS) is 10.6. The number of thiol groups is 2. The van der Waals surface area contributed by atoms with E-state index in [0.29, 0.717) is 10.3 Å². The van der Waals surface area contributed by atoms with Crippen molar-refractivity contribution in [2.75, 3.05) is 18.0 Å². The van der Waals surface area contributed by atoms with Gasteiger partial charge in [-0.3, -0.25) is 0 Å². The molecule has 0 bridgehead atoms. The fourth-order valence-electron chi connectivity index (χ4n) is 2.96. The van der Waals surface area contributed by atoms with Crippen LogP contribution in [-0.4, -0.2) is 57.6 Å². The Morgan fingerprint density at radius 1 is 0.615 bits per heavy atom. The van der Waals surface area contributed by atoms with Crippen molar-refractivity contribution in [3.63, 3.8) is 0 Å². The zero-order valence-corrected chi connectivity index (χ0v) is 17.9. The standard InChI is InChI=1S/C19H36N4S2.Na.H/c1-3-5-7-9-11-13-15-23(16-14-12-10-8-6-4-2)17-20-18(24)22-19(25)21-17;;/h3-16H2,1-2H3,(H2,20,21,22,24,25);;. The average molecular weight is 409 g/mol. The molecule has 1 aromatic rings. The van der Waals surface area contributed by atoms with E-state index in [9.17, 15) is 0 Å². The van der Waals surface area contributed by atoms with Crippen LogP contribution >= 0.6 is 25.3 Å². The van der Waals surface area contributed by atoms with Crippen LogP contribution in [-0.2, 0) is 0 Å². The third kappa shape index (κ3) is 12.8. The summed E-state index contributed by atoms with van der Waals surface area (Å²) < 4.78 is 0. The Kier molecular flexibility index (Phi) is 17.9. The van der Waals surface area contributed by atoms with Crippen molar-refractivity contribution in [1.29, 1.82) is 0 Å². The van der Waals surface area contributed by atoms with Crippen molar-refractivity contribution < 1.29 is 0 Å². The Balaban J connectivity index is 0.00000625. The van der Waals surface area contributed by atoms with Gasteiger partial charge < -0.3 is 4.90 Å². The summed E-state index contributed by atoms with van der Waals surface area (Å²) in [6, 6.07) is 0. The predicted molar refractivity (Wildman–Crippen MR) is 120 cm³/mol. The maximum absolute atomic E-state index is 4.41. The molecule has 0 saturated carbocycles. The van der Waals surface area contributed by atoms with Crippen LogP contribution in [0.3, 0.4) is 0 Å². The van der Waals surface area contributed by atoms with Gasteiger partial charge in [0, 0.05) is 13.1 Å². The molecule has 4 nitrogen and oxygen atoms in total. The Bertz CT molecular complexity index is 427. The molecule has 0 radical (unpaired) electrons. The topological polar surface area (TPSA) is 41.9 Å². The van der Waals surface area contributed by atoms with Crippen molar-refractivity contribution in [1.82, 2.24) is 15.0 Å². The summed E-state index contributed by atoms with van der Waals surface area (Å²) in [5, 5.41) is 0.900. The molecule has 0 saturated heterocycles. The van der Waals surface area contributed by atoms with Crippen LogP contribution in [0.2, 0.25) is 0 Å². The molecule has 0 aliphatic rings. The Morgan fingerprint density at radius 2 is 1.00 bits per heavy atom. The van der Waals surface area contributed by atoms with Crippen molar-refractivity contribution in [3.8, 4) is 0 Å². The molecule has 0 aromatic carbocycles. The Morgan fingerprint density at radius 3 is 1.42 bits per heavy atom. The molecule has 0 unspecified atom stereocenters. The van der Waals surface area contributed by atoms with E-state index in [0.717, 1.165) is 19.0 Å². The molecule has 1 heterocycles.